The number of halogens is 1. The van der Waals surface area contributed by atoms with Gasteiger partial charge in [0, 0.05) is 38.4 Å². The Morgan fingerprint density at radius 3 is 2.22 bits per heavy atom. The zero-order chi connectivity index (χ0) is 19.2. The first-order valence-electron chi connectivity index (χ1n) is 9.30. The van der Waals surface area contributed by atoms with Crippen LogP contribution >= 0.6 is 24.0 Å². The minimum absolute atomic E-state index is 0. The van der Waals surface area contributed by atoms with Gasteiger partial charge >= 0.3 is 0 Å². The van der Waals surface area contributed by atoms with Crippen molar-refractivity contribution in [2.75, 3.05) is 49.9 Å². The molecule has 1 aliphatic heterocycles. The van der Waals surface area contributed by atoms with E-state index in [2.05, 4.69) is 44.4 Å². The second-order valence-corrected chi connectivity index (χ2v) is 10.3. The molecule has 0 atom stereocenters. The molecule has 1 N–H and O–H groups in total. The van der Waals surface area contributed by atoms with Crippen LogP contribution in [0.2, 0.25) is 0 Å². The smallest absolute Gasteiger partial charge is 0.194 e. The summed E-state index contributed by atoms with van der Waals surface area (Å²) in [4.78, 5) is 9.15. The van der Waals surface area contributed by atoms with Gasteiger partial charge in [0.2, 0.25) is 0 Å². The van der Waals surface area contributed by atoms with E-state index in [1.54, 1.807) is 20.8 Å². The maximum Gasteiger partial charge on any atom is 0.194 e. The SMILES string of the molecule is CCNC(=NCCS(=O)(=O)C(C)(C)C)N1CCN(c2ccccc2)CC1.I. The molecular weight excluding hydrogens is 475 g/mol. The van der Waals surface area contributed by atoms with Crippen molar-refractivity contribution in [3.05, 3.63) is 30.3 Å². The van der Waals surface area contributed by atoms with Gasteiger partial charge < -0.3 is 15.1 Å². The molecule has 8 heteroatoms. The fraction of sp³-hybridized carbons (Fsp3) is 0.632. The summed E-state index contributed by atoms with van der Waals surface area (Å²) in [6.45, 7) is 11.9. The molecule has 2 rings (SSSR count). The molecule has 1 aromatic rings. The summed E-state index contributed by atoms with van der Waals surface area (Å²) in [6, 6.07) is 10.4. The molecule has 0 bridgehead atoms. The lowest BCUT2D eigenvalue weighted by Gasteiger charge is -2.37. The van der Waals surface area contributed by atoms with E-state index < -0.39 is 14.6 Å². The maximum atomic E-state index is 12.3. The lowest BCUT2D eigenvalue weighted by atomic mass is 10.2. The summed E-state index contributed by atoms with van der Waals surface area (Å²) in [5.74, 6) is 0.888. The molecule has 0 saturated carbocycles. The van der Waals surface area contributed by atoms with E-state index in [-0.39, 0.29) is 29.7 Å². The van der Waals surface area contributed by atoms with E-state index in [9.17, 15) is 8.42 Å². The summed E-state index contributed by atoms with van der Waals surface area (Å²) in [5.41, 5.74) is 1.24. The lowest BCUT2D eigenvalue weighted by molar-refractivity contribution is 0.373. The van der Waals surface area contributed by atoms with E-state index in [1.165, 1.54) is 5.69 Å². The molecule has 0 aromatic heterocycles. The van der Waals surface area contributed by atoms with Crippen molar-refractivity contribution >= 4 is 45.5 Å². The molecular formula is C19H33IN4O2S. The van der Waals surface area contributed by atoms with E-state index >= 15 is 0 Å². The highest BCUT2D eigenvalue weighted by Gasteiger charge is 2.28. The first kappa shape index (κ1) is 24.0. The van der Waals surface area contributed by atoms with E-state index in [0.29, 0.717) is 6.54 Å². The fourth-order valence-corrected chi connectivity index (χ4v) is 3.76. The number of guanidine groups is 1. The number of hydrogen-bond acceptors (Lipinski definition) is 4. The summed E-state index contributed by atoms with van der Waals surface area (Å²) in [7, 11) is -3.15. The molecule has 0 radical (unpaired) electrons. The number of hydrogen-bond donors (Lipinski definition) is 1. The highest BCUT2D eigenvalue weighted by atomic mass is 127. The molecule has 1 heterocycles. The monoisotopic (exact) mass is 508 g/mol. The van der Waals surface area contributed by atoms with Crippen LogP contribution < -0.4 is 10.2 Å². The van der Waals surface area contributed by atoms with Gasteiger partial charge in [0.05, 0.1) is 17.0 Å². The molecule has 0 amide bonds. The van der Waals surface area contributed by atoms with Gasteiger partial charge in [0.15, 0.2) is 15.8 Å². The fourth-order valence-electron chi connectivity index (χ4n) is 2.82. The topological polar surface area (TPSA) is 65.0 Å². The highest BCUT2D eigenvalue weighted by molar-refractivity contribution is 14.0. The first-order valence-corrected chi connectivity index (χ1v) is 11.0. The minimum Gasteiger partial charge on any atom is -0.368 e. The van der Waals surface area contributed by atoms with Gasteiger partial charge in [-0.15, -0.1) is 24.0 Å². The van der Waals surface area contributed by atoms with E-state index in [4.69, 9.17) is 0 Å². The Balaban J connectivity index is 0.00000364. The lowest BCUT2D eigenvalue weighted by Crippen LogP contribution is -2.52. The number of para-hydroxylation sites is 1. The number of rotatable bonds is 5. The number of nitrogens with zero attached hydrogens (tertiary/aromatic N) is 3. The third-order valence-corrected chi connectivity index (χ3v) is 7.18. The average Bonchev–Trinajstić information content (AvgIpc) is 2.61. The Bertz CT molecular complexity index is 694. The van der Waals surface area contributed by atoms with Crippen molar-refractivity contribution in [2.45, 2.75) is 32.4 Å². The minimum atomic E-state index is -3.15. The summed E-state index contributed by atoms with van der Waals surface area (Å²) in [5, 5.41) is 3.29. The molecule has 0 spiro atoms. The predicted molar refractivity (Wildman–Crippen MR) is 125 cm³/mol. The van der Waals surface area contributed by atoms with Crippen molar-refractivity contribution in [1.29, 1.82) is 0 Å². The van der Waals surface area contributed by atoms with Gasteiger partial charge in [-0.1, -0.05) is 18.2 Å². The number of sulfone groups is 1. The molecule has 6 nitrogen and oxygen atoms in total. The normalized spacial score (nSPS) is 16.1. The number of benzene rings is 1. The van der Waals surface area contributed by atoms with Crippen LogP contribution in [0.15, 0.2) is 35.3 Å². The van der Waals surface area contributed by atoms with Crippen molar-refractivity contribution in [3.8, 4) is 0 Å². The average molecular weight is 508 g/mol. The standard InChI is InChI=1S/C19H32N4O2S.HI/c1-5-20-18(21-11-16-26(24,25)19(2,3)4)23-14-12-22(13-15-23)17-9-7-6-8-10-17;/h6-10H,5,11-16H2,1-4H3,(H,20,21);1H. The third-order valence-electron chi connectivity index (χ3n) is 4.59. The molecule has 1 saturated heterocycles. The Morgan fingerprint density at radius 2 is 1.70 bits per heavy atom. The summed E-state index contributed by atoms with van der Waals surface area (Å²) < 4.78 is 23.8. The zero-order valence-corrected chi connectivity index (χ0v) is 20.0. The van der Waals surface area contributed by atoms with Gasteiger partial charge in [-0.05, 0) is 39.8 Å². The van der Waals surface area contributed by atoms with Crippen molar-refractivity contribution in [2.24, 2.45) is 4.99 Å². The van der Waals surface area contributed by atoms with Crippen molar-refractivity contribution < 1.29 is 8.42 Å². The van der Waals surface area contributed by atoms with Crippen molar-refractivity contribution in [3.63, 3.8) is 0 Å². The Labute approximate surface area is 181 Å². The van der Waals surface area contributed by atoms with Crippen LogP contribution in [-0.2, 0) is 9.84 Å². The third kappa shape index (κ3) is 6.81. The van der Waals surface area contributed by atoms with Crippen LogP contribution in [0.4, 0.5) is 5.69 Å². The number of piperazine rings is 1. The van der Waals surface area contributed by atoms with Crippen LogP contribution in [0.5, 0.6) is 0 Å². The molecule has 1 aromatic carbocycles. The number of aliphatic imine (C=N–C) groups is 1. The molecule has 27 heavy (non-hydrogen) atoms. The summed E-state index contributed by atoms with van der Waals surface area (Å²) in [6.07, 6.45) is 0. The van der Waals surface area contributed by atoms with Gasteiger partial charge in [0.25, 0.3) is 0 Å². The van der Waals surface area contributed by atoms with E-state index in [1.807, 2.05) is 13.0 Å². The molecule has 0 unspecified atom stereocenters. The van der Waals surface area contributed by atoms with Crippen molar-refractivity contribution in [1.82, 2.24) is 10.2 Å². The second kappa shape index (κ2) is 10.5. The maximum absolute atomic E-state index is 12.3. The number of nitrogens with one attached hydrogen (secondary N) is 1. The van der Waals surface area contributed by atoms with Crippen LogP contribution in [0, 0.1) is 0 Å². The molecule has 0 aliphatic carbocycles. The zero-order valence-electron chi connectivity index (χ0n) is 16.8. The molecule has 1 aliphatic rings. The first-order chi connectivity index (χ1) is 12.2. The second-order valence-electron chi connectivity index (χ2n) is 7.48. The Kier molecular flexibility index (Phi) is 9.33. The molecule has 154 valence electrons. The van der Waals surface area contributed by atoms with Crippen LogP contribution in [0.25, 0.3) is 0 Å². The van der Waals surface area contributed by atoms with E-state index in [0.717, 1.165) is 38.7 Å². The Hall–Kier alpha value is -1.03. The van der Waals surface area contributed by atoms with Gasteiger partial charge in [-0.3, -0.25) is 4.99 Å². The molecule has 1 fully saturated rings. The Morgan fingerprint density at radius 1 is 1.11 bits per heavy atom. The quantitative estimate of drug-likeness (QED) is 0.377. The van der Waals surface area contributed by atoms with Gasteiger partial charge in [-0.25, -0.2) is 8.42 Å². The van der Waals surface area contributed by atoms with Crippen LogP contribution in [-0.4, -0.2) is 69.0 Å². The largest absolute Gasteiger partial charge is 0.368 e. The van der Waals surface area contributed by atoms with Gasteiger partial charge in [-0.2, -0.15) is 0 Å². The van der Waals surface area contributed by atoms with Crippen LogP contribution in [0.3, 0.4) is 0 Å². The van der Waals surface area contributed by atoms with Gasteiger partial charge in [0.1, 0.15) is 0 Å². The number of anilines is 1. The highest BCUT2D eigenvalue weighted by Crippen LogP contribution is 2.17. The summed E-state index contributed by atoms with van der Waals surface area (Å²) >= 11 is 0. The predicted octanol–water partition coefficient (Wildman–Crippen LogP) is 2.61. The van der Waals surface area contributed by atoms with Crippen LogP contribution in [0.1, 0.15) is 27.7 Å².